The number of alkyl halides is 1. The number of nitrogens with zero attached hydrogens (tertiary/aromatic N) is 2. The number of likely N-dealkylation sites (tertiary alicyclic amines) is 1. The summed E-state index contributed by atoms with van der Waals surface area (Å²) in [6.45, 7) is 0.218. The van der Waals surface area contributed by atoms with E-state index in [1.165, 1.54) is 11.1 Å². The minimum atomic E-state index is -0.734. The second-order valence-corrected chi connectivity index (χ2v) is 7.70. The summed E-state index contributed by atoms with van der Waals surface area (Å²) in [5.41, 5.74) is 5.24. The highest BCUT2D eigenvalue weighted by molar-refractivity contribution is 6.22. The first-order valence-electron chi connectivity index (χ1n) is 8.81. The van der Waals surface area contributed by atoms with Crippen molar-refractivity contribution in [2.75, 3.05) is 13.2 Å². The van der Waals surface area contributed by atoms with Crippen molar-refractivity contribution in [2.45, 2.75) is 49.1 Å². The van der Waals surface area contributed by atoms with Crippen molar-refractivity contribution in [1.82, 2.24) is 9.88 Å². The van der Waals surface area contributed by atoms with Crippen molar-refractivity contribution in [3.05, 3.63) is 17.8 Å². The number of carbonyl (C=O) groups is 3. The molecule has 1 aliphatic carbocycles. The Morgan fingerprint density at radius 3 is 2.73 bits per heavy atom. The van der Waals surface area contributed by atoms with Crippen LogP contribution in [0.4, 0.5) is 0 Å². The second-order valence-electron chi connectivity index (χ2n) is 7.14. The Bertz CT molecular complexity index is 745. The Morgan fingerprint density at radius 2 is 2.08 bits per heavy atom. The molecule has 1 aromatic rings. The maximum absolute atomic E-state index is 13.4. The summed E-state index contributed by atoms with van der Waals surface area (Å²) in [5, 5.41) is -0.426. The Kier molecular flexibility index (Phi) is 4.48. The summed E-state index contributed by atoms with van der Waals surface area (Å²) in [5.74, 6) is -1.62. The van der Waals surface area contributed by atoms with Crippen molar-refractivity contribution in [1.29, 1.82) is 0 Å². The average Bonchev–Trinajstić information content (AvgIpc) is 3.36. The number of amides is 2. The number of ether oxygens (including phenoxy) is 1. The third-order valence-electron chi connectivity index (χ3n) is 5.58. The quantitative estimate of drug-likeness (QED) is 0.772. The number of halogens is 1. The van der Waals surface area contributed by atoms with E-state index in [0.29, 0.717) is 0 Å². The molecule has 0 radical (unpaired) electrons. The Labute approximate surface area is 155 Å². The number of nitrogens with two attached hydrogens (primary N) is 1. The molecule has 3 heterocycles. The largest absolute Gasteiger partial charge is 0.435 e. The number of oxazole rings is 1. The van der Waals surface area contributed by atoms with Crippen LogP contribution in [0.15, 0.2) is 10.6 Å². The lowest BCUT2D eigenvalue weighted by Gasteiger charge is -2.28. The SMILES string of the molecule is NC(=O)c1cnc([C@@H](C(=O)N2C[C@H](Cl)[C@H]3OCC(=O)[C@H]32)C2CCCC2)o1. The van der Waals surface area contributed by atoms with Crippen LogP contribution < -0.4 is 5.73 Å². The van der Waals surface area contributed by atoms with Crippen molar-refractivity contribution in [2.24, 2.45) is 11.7 Å². The highest BCUT2D eigenvalue weighted by atomic mass is 35.5. The van der Waals surface area contributed by atoms with Gasteiger partial charge < -0.3 is 19.8 Å². The number of primary amides is 1. The van der Waals surface area contributed by atoms with Crippen molar-refractivity contribution < 1.29 is 23.5 Å². The van der Waals surface area contributed by atoms with Crippen LogP contribution in [0.5, 0.6) is 0 Å². The zero-order valence-electron chi connectivity index (χ0n) is 14.1. The predicted octanol–water partition coefficient (Wildman–Crippen LogP) is 0.833. The molecule has 0 unspecified atom stereocenters. The fourth-order valence-electron chi connectivity index (χ4n) is 4.35. The number of Topliss-reactive ketones (excluding diaryl/α,β-unsaturated/α-hetero) is 1. The van der Waals surface area contributed by atoms with Crippen molar-refractivity contribution in [3.8, 4) is 0 Å². The van der Waals surface area contributed by atoms with Gasteiger partial charge >= 0.3 is 0 Å². The molecule has 3 aliphatic rings. The highest BCUT2D eigenvalue weighted by Crippen LogP contribution is 2.41. The maximum Gasteiger partial charge on any atom is 0.286 e. The summed E-state index contributed by atoms with van der Waals surface area (Å²) >= 11 is 6.30. The molecular formula is C17H20ClN3O5. The molecule has 4 atom stereocenters. The van der Waals surface area contributed by atoms with Crippen LogP contribution in [-0.4, -0.2) is 58.2 Å². The van der Waals surface area contributed by atoms with Crippen LogP contribution in [0, 0.1) is 5.92 Å². The Balaban J connectivity index is 1.66. The van der Waals surface area contributed by atoms with Crippen LogP contribution in [0.25, 0.3) is 0 Å². The molecule has 4 rings (SSSR count). The van der Waals surface area contributed by atoms with E-state index < -0.39 is 29.3 Å². The first kappa shape index (κ1) is 17.5. The average molecular weight is 382 g/mol. The highest BCUT2D eigenvalue weighted by Gasteiger charge is 2.53. The van der Waals surface area contributed by atoms with E-state index in [4.69, 9.17) is 26.5 Å². The summed E-state index contributed by atoms with van der Waals surface area (Å²) in [6.07, 6.45) is 4.54. The number of fused-ring (bicyclic) bond motifs is 1. The molecule has 1 aromatic heterocycles. The van der Waals surface area contributed by atoms with E-state index in [0.717, 1.165) is 25.7 Å². The molecule has 3 fully saturated rings. The molecule has 2 amide bonds. The van der Waals surface area contributed by atoms with Gasteiger partial charge in [0.05, 0.1) is 11.6 Å². The molecule has 0 bridgehead atoms. The molecule has 0 aromatic carbocycles. The molecule has 2 saturated heterocycles. The molecule has 2 aliphatic heterocycles. The van der Waals surface area contributed by atoms with E-state index in [2.05, 4.69) is 4.98 Å². The third kappa shape index (κ3) is 2.81. The van der Waals surface area contributed by atoms with Gasteiger partial charge in [0.15, 0.2) is 5.78 Å². The number of rotatable bonds is 4. The molecular weight excluding hydrogens is 362 g/mol. The monoisotopic (exact) mass is 381 g/mol. The van der Waals surface area contributed by atoms with Crippen molar-refractivity contribution >= 4 is 29.2 Å². The minimum absolute atomic E-state index is 0.0265. The second kappa shape index (κ2) is 6.66. The molecule has 140 valence electrons. The van der Waals surface area contributed by atoms with Gasteiger partial charge in [-0.25, -0.2) is 4.98 Å². The minimum Gasteiger partial charge on any atom is -0.435 e. The third-order valence-corrected chi connectivity index (χ3v) is 5.96. The van der Waals surface area contributed by atoms with Gasteiger partial charge in [-0.15, -0.1) is 11.6 Å². The lowest BCUT2D eigenvalue weighted by molar-refractivity contribution is -0.139. The molecule has 2 N–H and O–H groups in total. The molecule has 0 spiro atoms. The van der Waals surface area contributed by atoms with Gasteiger partial charge in [0.1, 0.15) is 24.7 Å². The van der Waals surface area contributed by atoms with E-state index in [1.54, 1.807) is 0 Å². The van der Waals surface area contributed by atoms with Gasteiger partial charge in [-0.3, -0.25) is 14.4 Å². The van der Waals surface area contributed by atoms with Crippen LogP contribution in [0.1, 0.15) is 48.0 Å². The zero-order chi connectivity index (χ0) is 18.4. The van der Waals surface area contributed by atoms with E-state index in [-0.39, 0.29) is 42.4 Å². The van der Waals surface area contributed by atoms with Gasteiger partial charge in [0.25, 0.3) is 5.91 Å². The van der Waals surface area contributed by atoms with Crippen LogP contribution in [0.2, 0.25) is 0 Å². The number of carbonyl (C=O) groups excluding carboxylic acids is 3. The Hall–Kier alpha value is -1.93. The molecule has 8 nitrogen and oxygen atoms in total. The van der Waals surface area contributed by atoms with Gasteiger partial charge in [-0.1, -0.05) is 12.8 Å². The van der Waals surface area contributed by atoms with E-state index in [9.17, 15) is 14.4 Å². The molecule has 1 saturated carbocycles. The molecule has 9 heteroatoms. The first-order valence-corrected chi connectivity index (χ1v) is 9.25. The number of hydrogen-bond acceptors (Lipinski definition) is 6. The zero-order valence-corrected chi connectivity index (χ0v) is 14.9. The van der Waals surface area contributed by atoms with E-state index in [1.807, 2.05) is 0 Å². The fourth-order valence-corrected chi connectivity index (χ4v) is 4.71. The topological polar surface area (TPSA) is 116 Å². The summed E-state index contributed by atoms with van der Waals surface area (Å²) in [4.78, 5) is 42.6. The van der Waals surface area contributed by atoms with Crippen LogP contribution in [0.3, 0.4) is 0 Å². The summed E-state index contributed by atoms with van der Waals surface area (Å²) in [7, 11) is 0. The number of hydrogen-bond donors (Lipinski definition) is 1. The lowest BCUT2D eigenvalue weighted by Crippen LogP contribution is -2.45. The number of aromatic nitrogens is 1. The maximum atomic E-state index is 13.4. The fraction of sp³-hybridized carbons (Fsp3) is 0.647. The smallest absolute Gasteiger partial charge is 0.286 e. The Morgan fingerprint density at radius 1 is 1.35 bits per heavy atom. The lowest BCUT2D eigenvalue weighted by atomic mass is 9.89. The number of ketones is 1. The predicted molar refractivity (Wildman–Crippen MR) is 89.6 cm³/mol. The van der Waals surface area contributed by atoms with Gasteiger partial charge in [0, 0.05) is 6.54 Å². The van der Waals surface area contributed by atoms with Gasteiger partial charge in [-0.2, -0.15) is 0 Å². The van der Waals surface area contributed by atoms with Gasteiger partial charge in [-0.05, 0) is 18.8 Å². The normalized spacial score (nSPS) is 30.0. The van der Waals surface area contributed by atoms with Crippen LogP contribution >= 0.6 is 11.6 Å². The van der Waals surface area contributed by atoms with Crippen LogP contribution in [-0.2, 0) is 14.3 Å². The van der Waals surface area contributed by atoms with Gasteiger partial charge in [0.2, 0.25) is 17.6 Å². The van der Waals surface area contributed by atoms with Crippen molar-refractivity contribution in [3.63, 3.8) is 0 Å². The van der Waals surface area contributed by atoms with E-state index >= 15 is 0 Å². The standard InChI is InChI=1S/C17H20ClN3O5/c18-9-6-21(13-10(22)7-25-14(9)13)17(24)12(8-3-1-2-4-8)16-20-5-11(26-16)15(19)23/h5,8-9,12-14H,1-4,6-7H2,(H2,19,23)/t9-,12-,13+,14+/m0/s1. The summed E-state index contributed by atoms with van der Waals surface area (Å²) < 4.78 is 10.9. The molecule has 26 heavy (non-hydrogen) atoms. The summed E-state index contributed by atoms with van der Waals surface area (Å²) in [6, 6.07) is -0.653. The first-order chi connectivity index (χ1) is 12.5.